The maximum absolute atomic E-state index is 12.9. The molecule has 34 heavy (non-hydrogen) atoms. The van der Waals surface area contributed by atoms with Crippen LogP contribution in [0.1, 0.15) is 18.9 Å². The Kier molecular flexibility index (Phi) is 9.54. The highest BCUT2D eigenvalue weighted by Gasteiger charge is 2.30. The molecule has 0 radical (unpaired) electrons. The quantitative estimate of drug-likeness (QED) is 0.532. The molecule has 0 saturated carbocycles. The van der Waals surface area contributed by atoms with Crippen LogP contribution in [0.4, 0.5) is 4.79 Å². The summed E-state index contributed by atoms with van der Waals surface area (Å²) in [6.07, 6.45) is -0.485. The highest BCUT2D eigenvalue weighted by Crippen LogP contribution is 2.21. The molecule has 1 unspecified atom stereocenters. The third-order valence-electron chi connectivity index (χ3n) is 5.60. The minimum absolute atomic E-state index is 0.0911. The Morgan fingerprint density at radius 2 is 1.65 bits per heavy atom. The first kappa shape index (κ1) is 25.3. The van der Waals surface area contributed by atoms with Gasteiger partial charge in [-0.2, -0.15) is 0 Å². The Labute approximate surface area is 199 Å². The summed E-state index contributed by atoms with van der Waals surface area (Å²) in [5.74, 6) is 0.563. The summed E-state index contributed by atoms with van der Waals surface area (Å²) in [6.45, 7) is 6.53. The van der Waals surface area contributed by atoms with E-state index in [0.29, 0.717) is 18.1 Å². The van der Waals surface area contributed by atoms with Crippen molar-refractivity contribution in [1.82, 2.24) is 9.80 Å². The molecule has 1 saturated heterocycles. The lowest BCUT2D eigenvalue weighted by molar-refractivity contribution is -0.142. The van der Waals surface area contributed by atoms with Gasteiger partial charge in [0.1, 0.15) is 29.9 Å². The molecule has 9 nitrogen and oxygen atoms in total. The fourth-order valence-electron chi connectivity index (χ4n) is 3.64. The number of benzene rings is 2. The molecule has 1 aliphatic heterocycles. The third kappa shape index (κ3) is 7.36. The Morgan fingerprint density at radius 3 is 2.24 bits per heavy atom. The van der Waals surface area contributed by atoms with Gasteiger partial charge in [-0.15, -0.1) is 0 Å². The second-order valence-electron chi connectivity index (χ2n) is 7.88. The number of carboxylic acids is 1. The maximum Gasteiger partial charge on any atom is 0.416 e. The van der Waals surface area contributed by atoms with Gasteiger partial charge in [0, 0.05) is 26.2 Å². The molecule has 184 valence electrons. The molecular formula is C25H32N2O7. The minimum atomic E-state index is -1.09. The van der Waals surface area contributed by atoms with Gasteiger partial charge in [-0.05, 0) is 48.4 Å². The Hall–Kier alpha value is -3.30. The van der Waals surface area contributed by atoms with Crippen molar-refractivity contribution in [2.75, 3.05) is 46.6 Å². The van der Waals surface area contributed by atoms with E-state index in [0.717, 1.165) is 44.2 Å². The van der Waals surface area contributed by atoms with Crippen LogP contribution in [-0.4, -0.2) is 79.6 Å². The van der Waals surface area contributed by atoms with Gasteiger partial charge < -0.3 is 24.1 Å². The SMILES string of the molecule is CCC(C(=O)O)N(Cc1ccc(OCCN2CCOCC2)cc1)C(=O)Oc1ccc(OC)cc1. The Morgan fingerprint density at radius 1 is 1.03 bits per heavy atom. The first-order valence-corrected chi connectivity index (χ1v) is 11.4. The number of ether oxygens (including phenoxy) is 4. The summed E-state index contributed by atoms with van der Waals surface area (Å²) in [4.78, 5) is 28.2. The molecule has 1 fully saturated rings. The first-order valence-electron chi connectivity index (χ1n) is 11.4. The lowest BCUT2D eigenvalue weighted by Crippen LogP contribution is -2.45. The molecule has 1 aliphatic rings. The van der Waals surface area contributed by atoms with Crippen LogP contribution < -0.4 is 14.2 Å². The summed E-state index contributed by atoms with van der Waals surface area (Å²) in [6, 6.07) is 12.8. The van der Waals surface area contributed by atoms with Crippen LogP contribution in [0.3, 0.4) is 0 Å². The molecule has 9 heteroatoms. The van der Waals surface area contributed by atoms with Crippen LogP contribution in [0.5, 0.6) is 17.2 Å². The lowest BCUT2D eigenvalue weighted by atomic mass is 10.1. The number of aliphatic carboxylic acids is 1. The summed E-state index contributed by atoms with van der Waals surface area (Å²) >= 11 is 0. The fraction of sp³-hybridized carbons (Fsp3) is 0.440. The number of hydrogen-bond acceptors (Lipinski definition) is 7. The van der Waals surface area contributed by atoms with Crippen molar-refractivity contribution < 1.29 is 33.6 Å². The van der Waals surface area contributed by atoms with E-state index >= 15 is 0 Å². The van der Waals surface area contributed by atoms with E-state index in [1.807, 2.05) is 24.3 Å². The standard InChI is InChI=1S/C25H32N2O7/c1-3-23(24(28)29)27(25(30)34-22-10-8-20(31-2)9-11-22)18-19-4-6-21(7-5-19)33-17-14-26-12-15-32-16-13-26/h4-11,23H,3,12-18H2,1-2H3,(H,28,29). The largest absolute Gasteiger partial charge is 0.497 e. The van der Waals surface area contributed by atoms with Gasteiger partial charge in [-0.3, -0.25) is 9.80 Å². The second kappa shape index (κ2) is 12.8. The molecule has 1 heterocycles. The average molecular weight is 473 g/mol. The van der Waals surface area contributed by atoms with Gasteiger partial charge >= 0.3 is 12.1 Å². The molecule has 2 aromatic carbocycles. The lowest BCUT2D eigenvalue weighted by Gasteiger charge is -2.27. The number of amides is 1. The van der Waals surface area contributed by atoms with Gasteiger partial charge in [-0.1, -0.05) is 19.1 Å². The number of morpholine rings is 1. The predicted octanol–water partition coefficient (Wildman–Crippen LogP) is 3.27. The average Bonchev–Trinajstić information content (AvgIpc) is 2.85. The van der Waals surface area contributed by atoms with E-state index < -0.39 is 18.1 Å². The molecule has 0 bridgehead atoms. The van der Waals surface area contributed by atoms with E-state index in [1.54, 1.807) is 38.3 Å². The molecule has 3 rings (SSSR count). The molecule has 1 N–H and O–H groups in total. The summed E-state index contributed by atoms with van der Waals surface area (Å²) < 4.78 is 21.7. The van der Waals surface area contributed by atoms with Crippen molar-refractivity contribution in [2.24, 2.45) is 0 Å². The number of carboxylic acid groups (broad SMARTS) is 1. The Bertz CT molecular complexity index is 912. The molecule has 2 aromatic rings. The van der Waals surface area contributed by atoms with Crippen molar-refractivity contribution in [2.45, 2.75) is 25.9 Å². The van der Waals surface area contributed by atoms with Gasteiger partial charge in [0.2, 0.25) is 0 Å². The number of methoxy groups -OCH3 is 1. The van der Waals surface area contributed by atoms with E-state index in [1.165, 1.54) is 4.90 Å². The van der Waals surface area contributed by atoms with Crippen LogP contribution in [0.15, 0.2) is 48.5 Å². The van der Waals surface area contributed by atoms with Crippen LogP contribution in [0, 0.1) is 0 Å². The number of nitrogens with zero attached hydrogens (tertiary/aromatic N) is 2. The first-order chi connectivity index (χ1) is 16.5. The van der Waals surface area contributed by atoms with Gasteiger partial charge in [0.05, 0.1) is 20.3 Å². The molecule has 1 atom stereocenters. The topological polar surface area (TPSA) is 97.8 Å². The monoisotopic (exact) mass is 472 g/mol. The van der Waals surface area contributed by atoms with E-state index in [2.05, 4.69) is 4.90 Å². The molecule has 0 aromatic heterocycles. The van der Waals surface area contributed by atoms with E-state index in [9.17, 15) is 14.7 Å². The second-order valence-corrected chi connectivity index (χ2v) is 7.88. The van der Waals surface area contributed by atoms with Gasteiger partial charge in [-0.25, -0.2) is 9.59 Å². The molecular weight excluding hydrogens is 440 g/mol. The van der Waals surface area contributed by atoms with Crippen molar-refractivity contribution in [3.8, 4) is 17.2 Å². The number of hydrogen-bond donors (Lipinski definition) is 1. The smallest absolute Gasteiger partial charge is 0.416 e. The van der Waals surface area contributed by atoms with Crippen LogP contribution in [-0.2, 0) is 16.1 Å². The fourth-order valence-corrected chi connectivity index (χ4v) is 3.64. The summed E-state index contributed by atoms with van der Waals surface area (Å²) in [5, 5.41) is 9.66. The van der Waals surface area contributed by atoms with Crippen molar-refractivity contribution in [1.29, 1.82) is 0 Å². The number of carbonyl (C=O) groups is 2. The highest BCUT2D eigenvalue weighted by molar-refractivity contribution is 5.81. The maximum atomic E-state index is 12.9. The zero-order chi connectivity index (χ0) is 24.3. The zero-order valence-electron chi connectivity index (χ0n) is 19.6. The molecule has 1 amide bonds. The minimum Gasteiger partial charge on any atom is -0.497 e. The summed E-state index contributed by atoms with van der Waals surface area (Å²) in [5.41, 5.74) is 0.770. The van der Waals surface area contributed by atoms with Crippen LogP contribution in [0.25, 0.3) is 0 Å². The van der Waals surface area contributed by atoms with E-state index in [4.69, 9.17) is 18.9 Å². The molecule has 0 aliphatic carbocycles. The predicted molar refractivity (Wildman–Crippen MR) is 125 cm³/mol. The van der Waals surface area contributed by atoms with Gasteiger partial charge in [0.25, 0.3) is 0 Å². The zero-order valence-corrected chi connectivity index (χ0v) is 19.6. The van der Waals surface area contributed by atoms with Crippen LogP contribution >= 0.6 is 0 Å². The van der Waals surface area contributed by atoms with E-state index in [-0.39, 0.29) is 13.0 Å². The molecule has 0 spiro atoms. The van der Waals surface area contributed by atoms with Crippen LogP contribution in [0.2, 0.25) is 0 Å². The normalized spacial score (nSPS) is 14.8. The third-order valence-corrected chi connectivity index (χ3v) is 5.60. The van der Waals surface area contributed by atoms with Crippen molar-refractivity contribution >= 4 is 12.1 Å². The van der Waals surface area contributed by atoms with Crippen molar-refractivity contribution in [3.63, 3.8) is 0 Å². The van der Waals surface area contributed by atoms with Gasteiger partial charge in [0.15, 0.2) is 0 Å². The van der Waals surface area contributed by atoms with Crippen molar-refractivity contribution in [3.05, 3.63) is 54.1 Å². The highest BCUT2D eigenvalue weighted by atomic mass is 16.6. The number of rotatable bonds is 11. The number of carbonyl (C=O) groups excluding carboxylic acids is 1. The Balaban J connectivity index is 1.61. The summed E-state index contributed by atoms with van der Waals surface area (Å²) in [7, 11) is 1.54.